The Labute approximate surface area is 124 Å². The van der Waals surface area contributed by atoms with E-state index in [1.165, 1.54) is 44.9 Å². The first kappa shape index (κ1) is 14.6. The lowest BCUT2D eigenvalue weighted by atomic mass is 9.60. The highest BCUT2D eigenvalue weighted by atomic mass is 16.3. The topological polar surface area (TPSA) is 20.2 Å². The third-order valence-corrected chi connectivity index (χ3v) is 6.90. The van der Waals surface area contributed by atoms with E-state index in [9.17, 15) is 5.11 Å². The van der Waals surface area contributed by atoms with E-state index in [4.69, 9.17) is 0 Å². The Morgan fingerprint density at radius 1 is 1.10 bits per heavy atom. The van der Waals surface area contributed by atoms with Gasteiger partial charge in [-0.05, 0) is 67.1 Å². The monoisotopic (exact) mass is 276 g/mol. The van der Waals surface area contributed by atoms with E-state index in [0.717, 1.165) is 17.8 Å². The molecular weight excluding hydrogens is 244 g/mol. The minimum Gasteiger partial charge on any atom is -0.389 e. The van der Waals surface area contributed by atoms with Crippen LogP contribution in [0, 0.1) is 35.0 Å². The molecule has 0 bridgehead atoms. The van der Waals surface area contributed by atoms with Gasteiger partial charge in [0.25, 0.3) is 0 Å². The number of hydrogen-bond donors (Lipinski definition) is 1. The van der Waals surface area contributed by atoms with Crippen molar-refractivity contribution in [2.24, 2.45) is 35.0 Å². The molecule has 0 heterocycles. The summed E-state index contributed by atoms with van der Waals surface area (Å²) in [6, 6.07) is 0. The molecule has 3 rings (SSSR count). The highest BCUT2D eigenvalue weighted by Gasteiger charge is 2.50. The summed E-state index contributed by atoms with van der Waals surface area (Å²) in [6.07, 6.45) is 13.8. The Morgan fingerprint density at radius 3 is 2.55 bits per heavy atom. The number of hydrogen-bond acceptors (Lipinski definition) is 1. The standard InChI is InChI=1S/C19H32O/c1-13-5-4-12-19(3)16(13)9-10-17(19)14(2)6-11-18(20)15-7-8-15/h6,11,13-18,20H,4-5,7-10,12H2,1-3H3/b11-6+/t13?,14-,16+,17?,18-,19+/m1/s1. The Hall–Kier alpha value is -0.300. The quantitative estimate of drug-likeness (QED) is 0.731. The molecule has 3 aliphatic carbocycles. The van der Waals surface area contributed by atoms with Gasteiger partial charge in [0.2, 0.25) is 0 Å². The molecule has 6 atom stereocenters. The van der Waals surface area contributed by atoms with Crippen LogP contribution in [-0.2, 0) is 0 Å². The van der Waals surface area contributed by atoms with Crippen LogP contribution in [0.1, 0.15) is 65.7 Å². The molecule has 0 saturated heterocycles. The summed E-state index contributed by atoms with van der Waals surface area (Å²) in [5.41, 5.74) is 0.561. The lowest BCUT2D eigenvalue weighted by molar-refractivity contribution is 0.0451. The van der Waals surface area contributed by atoms with Gasteiger partial charge in [0, 0.05) is 0 Å². The zero-order valence-electron chi connectivity index (χ0n) is 13.5. The number of aliphatic hydroxyl groups excluding tert-OH is 1. The van der Waals surface area contributed by atoms with E-state index in [2.05, 4.69) is 32.9 Å². The molecule has 1 heteroatoms. The van der Waals surface area contributed by atoms with E-state index in [1.54, 1.807) is 0 Å². The van der Waals surface area contributed by atoms with Crippen molar-refractivity contribution in [1.82, 2.24) is 0 Å². The van der Waals surface area contributed by atoms with Crippen LogP contribution in [0.2, 0.25) is 0 Å². The first-order valence-electron chi connectivity index (χ1n) is 8.89. The third-order valence-electron chi connectivity index (χ3n) is 6.90. The lowest BCUT2D eigenvalue weighted by Gasteiger charge is -2.45. The summed E-state index contributed by atoms with van der Waals surface area (Å²) >= 11 is 0. The predicted octanol–water partition coefficient (Wildman–Crippen LogP) is 4.80. The van der Waals surface area contributed by atoms with Crippen molar-refractivity contribution in [1.29, 1.82) is 0 Å². The van der Waals surface area contributed by atoms with E-state index in [0.29, 0.717) is 17.3 Å². The average molecular weight is 276 g/mol. The van der Waals surface area contributed by atoms with Crippen molar-refractivity contribution in [3.63, 3.8) is 0 Å². The average Bonchev–Trinajstić information content (AvgIpc) is 3.18. The molecular formula is C19H32O. The van der Waals surface area contributed by atoms with E-state index >= 15 is 0 Å². The summed E-state index contributed by atoms with van der Waals surface area (Å²) in [4.78, 5) is 0. The van der Waals surface area contributed by atoms with Gasteiger partial charge in [-0.3, -0.25) is 0 Å². The van der Waals surface area contributed by atoms with Gasteiger partial charge in [-0.25, -0.2) is 0 Å². The summed E-state index contributed by atoms with van der Waals surface area (Å²) in [7, 11) is 0. The summed E-state index contributed by atoms with van der Waals surface area (Å²) in [5, 5.41) is 10.0. The minimum absolute atomic E-state index is 0.173. The molecule has 0 aromatic heterocycles. The molecule has 0 aromatic carbocycles. The predicted molar refractivity (Wildman–Crippen MR) is 84.4 cm³/mol. The zero-order chi connectivity index (χ0) is 14.3. The van der Waals surface area contributed by atoms with Crippen LogP contribution in [0.4, 0.5) is 0 Å². The molecule has 1 N–H and O–H groups in total. The second-order valence-corrected chi connectivity index (χ2v) is 8.24. The van der Waals surface area contributed by atoms with Crippen molar-refractivity contribution in [3.8, 4) is 0 Å². The molecule has 0 radical (unpaired) electrons. The highest BCUT2D eigenvalue weighted by molar-refractivity contribution is 5.06. The van der Waals surface area contributed by atoms with Crippen LogP contribution in [0.3, 0.4) is 0 Å². The van der Waals surface area contributed by atoms with Crippen LogP contribution in [0.15, 0.2) is 12.2 Å². The van der Waals surface area contributed by atoms with E-state index in [1.807, 2.05) is 0 Å². The molecule has 3 aliphatic rings. The SMILES string of the molecule is CC1CCC[C@]2(C)C([C@H](C)/C=C/[C@@H](O)C3CC3)CC[C@@H]12. The maximum absolute atomic E-state index is 10.0. The van der Waals surface area contributed by atoms with Gasteiger partial charge >= 0.3 is 0 Å². The van der Waals surface area contributed by atoms with Crippen molar-refractivity contribution in [3.05, 3.63) is 12.2 Å². The van der Waals surface area contributed by atoms with Crippen LogP contribution >= 0.6 is 0 Å². The van der Waals surface area contributed by atoms with Gasteiger partial charge in [0.15, 0.2) is 0 Å². The normalized spacial score (nSPS) is 44.5. The smallest absolute Gasteiger partial charge is 0.0749 e. The van der Waals surface area contributed by atoms with E-state index in [-0.39, 0.29) is 6.10 Å². The minimum atomic E-state index is -0.173. The van der Waals surface area contributed by atoms with Gasteiger partial charge < -0.3 is 5.11 Å². The number of aliphatic hydroxyl groups is 1. The summed E-state index contributed by atoms with van der Waals surface area (Å²) in [5.74, 6) is 3.90. The molecule has 0 amide bonds. The zero-order valence-corrected chi connectivity index (χ0v) is 13.5. The van der Waals surface area contributed by atoms with Gasteiger partial charge in [0.05, 0.1) is 6.10 Å². The second-order valence-electron chi connectivity index (χ2n) is 8.24. The molecule has 20 heavy (non-hydrogen) atoms. The largest absolute Gasteiger partial charge is 0.389 e. The fourth-order valence-corrected chi connectivity index (χ4v) is 5.49. The maximum Gasteiger partial charge on any atom is 0.0749 e. The van der Waals surface area contributed by atoms with Crippen molar-refractivity contribution >= 4 is 0 Å². The second kappa shape index (κ2) is 5.48. The van der Waals surface area contributed by atoms with Crippen molar-refractivity contribution in [2.75, 3.05) is 0 Å². The summed E-state index contributed by atoms with van der Waals surface area (Å²) < 4.78 is 0. The van der Waals surface area contributed by atoms with Gasteiger partial charge in [-0.1, -0.05) is 45.8 Å². The van der Waals surface area contributed by atoms with Gasteiger partial charge in [-0.2, -0.15) is 0 Å². The summed E-state index contributed by atoms with van der Waals surface area (Å²) in [6.45, 7) is 7.42. The third kappa shape index (κ3) is 2.58. The van der Waals surface area contributed by atoms with Crippen LogP contribution in [0.25, 0.3) is 0 Å². The van der Waals surface area contributed by atoms with Gasteiger partial charge in [-0.15, -0.1) is 0 Å². The highest BCUT2D eigenvalue weighted by Crippen LogP contribution is 2.59. The molecule has 0 aliphatic heterocycles. The van der Waals surface area contributed by atoms with Crippen LogP contribution in [0.5, 0.6) is 0 Å². The first-order valence-corrected chi connectivity index (χ1v) is 8.89. The van der Waals surface area contributed by atoms with Crippen molar-refractivity contribution < 1.29 is 5.11 Å². The van der Waals surface area contributed by atoms with Crippen molar-refractivity contribution in [2.45, 2.75) is 71.8 Å². The molecule has 0 aromatic rings. The number of fused-ring (bicyclic) bond motifs is 1. The fourth-order valence-electron chi connectivity index (χ4n) is 5.49. The van der Waals surface area contributed by atoms with Crippen LogP contribution < -0.4 is 0 Å². The molecule has 114 valence electrons. The fraction of sp³-hybridized carbons (Fsp3) is 0.895. The number of rotatable bonds is 4. The Kier molecular flexibility index (Phi) is 4.01. The molecule has 3 saturated carbocycles. The first-order chi connectivity index (χ1) is 9.52. The maximum atomic E-state index is 10.0. The number of allylic oxidation sites excluding steroid dienone is 1. The Balaban J connectivity index is 1.66. The molecule has 2 unspecified atom stereocenters. The van der Waals surface area contributed by atoms with Gasteiger partial charge in [0.1, 0.15) is 0 Å². The van der Waals surface area contributed by atoms with E-state index < -0.39 is 0 Å². The Bertz CT molecular complexity index is 370. The molecule has 3 fully saturated rings. The lowest BCUT2D eigenvalue weighted by Crippen LogP contribution is -2.38. The molecule has 1 nitrogen and oxygen atoms in total. The Morgan fingerprint density at radius 2 is 1.85 bits per heavy atom. The molecule has 0 spiro atoms. The van der Waals surface area contributed by atoms with Crippen LogP contribution in [-0.4, -0.2) is 11.2 Å².